The van der Waals surface area contributed by atoms with Gasteiger partial charge < -0.3 is 4.90 Å². The number of aromatic nitrogens is 2. The van der Waals surface area contributed by atoms with Crippen molar-refractivity contribution in [2.75, 3.05) is 11.4 Å². The molecular formula is C21H25N3O. The first-order chi connectivity index (χ1) is 12.0. The Morgan fingerprint density at radius 1 is 1.12 bits per heavy atom. The Bertz CT molecular complexity index is 911. The van der Waals surface area contributed by atoms with Gasteiger partial charge in [-0.1, -0.05) is 25.5 Å². The van der Waals surface area contributed by atoms with Crippen molar-refractivity contribution in [2.45, 2.75) is 40.5 Å². The number of benzene rings is 1. The fraction of sp³-hybridized carbons (Fsp3) is 0.333. The van der Waals surface area contributed by atoms with Gasteiger partial charge in [0, 0.05) is 18.4 Å². The molecule has 25 heavy (non-hydrogen) atoms. The summed E-state index contributed by atoms with van der Waals surface area (Å²) in [6.07, 6.45) is 3.71. The molecule has 4 heteroatoms. The van der Waals surface area contributed by atoms with E-state index in [1.165, 1.54) is 0 Å². The maximum atomic E-state index is 13.4. The second-order valence-corrected chi connectivity index (χ2v) is 6.48. The molecule has 0 saturated carbocycles. The molecule has 0 aliphatic rings. The van der Waals surface area contributed by atoms with Gasteiger partial charge >= 0.3 is 0 Å². The molecule has 0 N–H and O–H groups in total. The van der Waals surface area contributed by atoms with Crippen LogP contribution < -0.4 is 4.90 Å². The van der Waals surface area contributed by atoms with Gasteiger partial charge in [0.2, 0.25) is 0 Å². The minimum atomic E-state index is 0.00732. The number of pyridine rings is 1. The van der Waals surface area contributed by atoms with E-state index in [-0.39, 0.29) is 5.91 Å². The Labute approximate surface area is 149 Å². The Morgan fingerprint density at radius 2 is 1.88 bits per heavy atom. The summed E-state index contributed by atoms with van der Waals surface area (Å²) >= 11 is 0. The van der Waals surface area contributed by atoms with E-state index in [9.17, 15) is 4.79 Å². The number of anilines is 1. The first-order valence-corrected chi connectivity index (χ1v) is 8.91. The third-order valence-electron chi connectivity index (χ3n) is 4.42. The van der Waals surface area contributed by atoms with Crippen LogP contribution in [0.15, 0.2) is 42.6 Å². The highest BCUT2D eigenvalue weighted by Gasteiger charge is 2.24. The number of amides is 1. The van der Waals surface area contributed by atoms with Crippen LogP contribution in [0.1, 0.15) is 47.6 Å². The monoisotopic (exact) mass is 335 g/mol. The van der Waals surface area contributed by atoms with Crippen LogP contribution in [-0.4, -0.2) is 21.8 Å². The molecule has 130 valence electrons. The molecule has 0 aliphatic heterocycles. The second kappa shape index (κ2) is 7.09. The first-order valence-electron chi connectivity index (χ1n) is 8.91. The molecule has 0 fully saturated rings. The van der Waals surface area contributed by atoms with Crippen LogP contribution in [0.2, 0.25) is 0 Å². The van der Waals surface area contributed by atoms with Crippen LogP contribution in [0.3, 0.4) is 0 Å². The summed E-state index contributed by atoms with van der Waals surface area (Å²) in [6.45, 7) is 8.82. The van der Waals surface area contributed by atoms with Crippen molar-refractivity contribution in [3.8, 4) is 0 Å². The van der Waals surface area contributed by atoms with E-state index in [1.807, 2.05) is 72.7 Å². The molecule has 0 saturated heterocycles. The lowest BCUT2D eigenvalue weighted by atomic mass is 10.1. The summed E-state index contributed by atoms with van der Waals surface area (Å²) in [5.74, 6) is 0.00732. The van der Waals surface area contributed by atoms with Crippen LogP contribution >= 0.6 is 0 Å². The van der Waals surface area contributed by atoms with E-state index in [1.54, 1.807) is 0 Å². The molecule has 3 aromatic rings. The van der Waals surface area contributed by atoms with E-state index in [0.717, 1.165) is 41.0 Å². The molecule has 0 aliphatic carbocycles. The van der Waals surface area contributed by atoms with Crippen molar-refractivity contribution in [1.82, 2.24) is 9.38 Å². The molecule has 1 amide bonds. The summed E-state index contributed by atoms with van der Waals surface area (Å²) in [5.41, 5.74) is 5.62. The Morgan fingerprint density at radius 3 is 2.56 bits per heavy atom. The fourth-order valence-electron chi connectivity index (χ4n) is 3.20. The molecule has 0 bridgehead atoms. The topological polar surface area (TPSA) is 37.6 Å². The van der Waals surface area contributed by atoms with Crippen molar-refractivity contribution < 1.29 is 4.79 Å². The zero-order valence-corrected chi connectivity index (χ0v) is 15.4. The fourth-order valence-corrected chi connectivity index (χ4v) is 3.20. The number of hydrogen-bond acceptors (Lipinski definition) is 2. The van der Waals surface area contributed by atoms with Crippen molar-refractivity contribution in [1.29, 1.82) is 0 Å². The van der Waals surface area contributed by atoms with Crippen LogP contribution in [0.4, 0.5) is 5.69 Å². The Hall–Kier alpha value is -2.62. The number of carbonyl (C=O) groups excluding carboxylic acids is 1. The van der Waals surface area contributed by atoms with Crippen molar-refractivity contribution in [2.24, 2.45) is 0 Å². The zero-order chi connectivity index (χ0) is 18.0. The lowest BCUT2D eigenvalue weighted by Gasteiger charge is -2.22. The highest BCUT2D eigenvalue weighted by Crippen LogP contribution is 2.22. The molecule has 0 spiro atoms. The van der Waals surface area contributed by atoms with E-state index in [2.05, 4.69) is 6.92 Å². The molecule has 0 atom stereocenters. The average molecular weight is 335 g/mol. The number of nitrogens with zero attached hydrogens (tertiary/aromatic N) is 3. The van der Waals surface area contributed by atoms with Crippen molar-refractivity contribution in [3.63, 3.8) is 0 Å². The SMILES string of the molecule is CCCc1nc2cc(C)ccn2c1C(=O)N(CC)c1cccc(C)c1. The minimum Gasteiger partial charge on any atom is -0.307 e. The number of hydrogen-bond donors (Lipinski definition) is 0. The highest BCUT2D eigenvalue weighted by molar-refractivity contribution is 6.06. The number of fused-ring (bicyclic) bond motifs is 1. The summed E-state index contributed by atoms with van der Waals surface area (Å²) < 4.78 is 1.93. The first kappa shape index (κ1) is 17.2. The third-order valence-corrected chi connectivity index (χ3v) is 4.42. The quantitative estimate of drug-likeness (QED) is 0.685. The van der Waals surface area contributed by atoms with Gasteiger partial charge in [-0.15, -0.1) is 0 Å². The predicted octanol–water partition coefficient (Wildman–Crippen LogP) is 4.57. The van der Waals surface area contributed by atoms with Crippen molar-refractivity contribution >= 4 is 17.2 Å². The highest BCUT2D eigenvalue weighted by atomic mass is 16.2. The molecule has 2 aromatic heterocycles. The molecule has 0 radical (unpaired) electrons. The van der Waals surface area contributed by atoms with Gasteiger partial charge in [0.1, 0.15) is 11.3 Å². The number of rotatable bonds is 5. The summed E-state index contributed by atoms with van der Waals surface area (Å²) in [5, 5.41) is 0. The maximum absolute atomic E-state index is 13.4. The van der Waals surface area contributed by atoms with Gasteiger partial charge in [0.15, 0.2) is 0 Å². The van der Waals surface area contributed by atoms with E-state index < -0.39 is 0 Å². The third kappa shape index (κ3) is 3.29. The lowest BCUT2D eigenvalue weighted by molar-refractivity contribution is 0.0981. The number of imidazole rings is 1. The predicted molar refractivity (Wildman–Crippen MR) is 102 cm³/mol. The largest absolute Gasteiger partial charge is 0.307 e. The van der Waals surface area contributed by atoms with Crippen LogP contribution in [0.5, 0.6) is 0 Å². The normalized spacial score (nSPS) is 11.0. The smallest absolute Gasteiger partial charge is 0.277 e. The zero-order valence-electron chi connectivity index (χ0n) is 15.4. The molecule has 2 heterocycles. The standard InChI is InChI=1S/C21H25N3O/c1-5-8-18-20(24-12-11-16(4)14-19(24)22-18)21(25)23(6-2)17-10-7-9-15(3)13-17/h7,9-14H,5-6,8H2,1-4H3. The second-order valence-electron chi connectivity index (χ2n) is 6.48. The summed E-state index contributed by atoms with van der Waals surface area (Å²) in [4.78, 5) is 20.0. The van der Waals surface area contributed by atoms with Gasteiger partial charge in [-0.25, -0.2) is 4.98 Å². The average Bonchev–Trinajstić information content (AvgIpc) is 2.92. The lowest BCUT2D eigenvalue weighted by Crippen LogP contribution is -2.32. The van der Waals surface area contributed by atoms with Crippen molar-refractivity contribution in [3.05, 3.63) is 65.1 Å². The van der Waals surface area contributed by atoms with Crippen LogP contribution in [0, 0.1) is 13.8 Å². The Balaban J connectivity index is 2.12. The molecule has 4 nitrogen and oxygen atoms in total. The molecular weight excluding hydrogens is 310 g/mol. The maximum Gasteiger partial charge on any atom is 0.277 e. The Kier molecular flexibility index (Phi) is 4.88. The number of aryl methyl sites for hydroxylation is 3. The summed E-state index contributed by atoms with van der Waals surface area (Å²) in [7, 11) is 0. The molecule has 3 rings (SSSR count). The molecule has 0 unspecified atom stereocenters. The van der Waals surface area contributed by atoms with Gasteiger partial charge in [0.25, 0.3) is 5.91 Å². The van der Waals surface area contributed by atoms with Crippen LogP contribution in [0.25, 0.3) is 5.65 Å². The van der Waals surface area contributed by atoms with Gasteiger partial charge in [-0.3, -0.25) is 9.20 Å². The minimum absolute atomic E-state index is 0.00732. The summed E-state index contributed by atoms with van der Waals surface area (Å²) in [6, 6.07) is 12.1. The van der Waals surface area contributed by atoms with Crippen LogP contribution in [-0.2, 0) is 6.42 Å². The number of carbonyl (C=O) groups is 1. The van der Waals surface area contributed by atoms with Gasteiger partial charge in [-0.05, 0) is 62.6 Å². The van der Waals surface area contributed by atoms with Gasteiger partial charge in [0.05, 0.1) is 5.69 Å². The molecule has 1 aromatic carbocycles. The van der Waals surface area contributed by atoms with Gasteiger partial charge in [-0.2, -0.15) is 0 Å². The van der Waals surface area contributed by atoms with E-state index in [4.69, 9.17) is 4.98 Å². The van der Waals surface area contributed by atoms with E-state index in [0.29, 0.717) is 12.2 Å². The van der Waals surface area contributed by atoms with E-state index >= 15 is 0 Å².